The Kier molecular flexibility index (Phi) is 10.8. The first-order valence-electron chi connectivity index (χ1n) is 25.2. The summed E-state index contributed by atoms with van der Waals surface area (Å²) >= 11 is 0. The lowest BCUT2D eigenvalue weighted by molar-refractivity contribution is 0.466. The van der Waals surface area contributed by atoms with Crippen molar-refractivity contribution in [2.24, 2.45) is 0 Å². The summed E-state index contributed by atoms with van der Waals surface area (Å²) in [6, 6.07) is 51.4. The van der Waals surface area contributed by atoms with Crippen molar-refractivity contribution >= 4 is 11.0 Å². The predicted octanol–water partition coefficient (Wildman–Crippen LogP) is 17.2. The zero-order chi connectivity index (χ0) is 49.8. The van der Waals surface area contributed by atoms with E-state index in [0.717, 1.165) is 78.0 Å². The Hall–Kier alpha value is -7.04. The van der Waals surface area contributed by atoms with Crippen molar-refractivity contribution < 1.29 is 10.6 Å². The van der Waals surface area contributed by atoms with Gasteiger partial charge < -0.3 is 5.11 Å². The summed E-state index contributed by atoms with van der Waals surface area (Å²) in [6.45, 7) is 15.9. The summed E-state index contributed by atoms with van der Waals surface area (Å²) in [4.78, 5) is 10.5. The van der Waals surface area contributed by atoms with Crippen molar-refractivity contribution in [2.75, 3.05) is 0 Å². The van der Waals surface area contributed by atoms with Gasteiger partial charge in [0.05, 0.1) is 28.0 Å². The molecule has 2 aromatic heterocycles. The summed E-state index contributed by atoms with van der Waals surface area (Å²) in [5.74, 6) is -0.145. The van der Waals surface area contributed by atoms with E-state index in [4.69, 9.17) is 9.97 Å². The SMILES string of the molecule is [2H]C([2H])([2H])c1cc(-c2c(C(C)C)cccc2C([2H])(C)C)ccc1-n1c(-c2cc(C(C)C)cc(C(C)C)c2O)nc2c(-c3cc(-c4ccccc4)cc(-c4cc(-c5ccc(C)cc5)ccn4)c3)cccc21. The lowest BCUT2D eigenvalue weighted by atomic mass is 9.84. The van der Waals surface area contributed by atoms with Gasteiger partial charge in [-0.2, -0.15) is 0 Å². The zero-order valence-corrected chi connectivity index (χ0v) is 39.5. The molecule has 9 rings (SSSR count). The number of benzene rings is 7. The lowest BCUT2D eigenvalue weighted by Gasteiger charge is -2.22. The molecule has 0 aliphatic carbocycles. The van der Waals surface area contributed by atoms with Gasteiger partial charge in [0.2, 0.25) is 0 Å². The smallest absolute Gasteiger partial charge is 0.149 e. The molecule has 0 aliphatic heterocycles. The number of phenolic OH excluding ortho intramolecular Hbond substituents is 1. The Morgan fingerprint density at radius 3 is 1.94 bits per heavy atom. The van der Waals surface area contributed by atoms with Crippen LogP contribution in [0.5, 0.6) is 5.75 Å². The summed E-state index contributed by atoms with van der Waals surface area (Å²) < 4.78 is 38.6. The number of nitrogens with zero attached hydrogens (tertiary/aromatic N) is 3. The summed E-state index contributed by atoms with van der Waals surface area (Å²) in [6.07, 6.45) is 1.86. The Labute approximate surface area is 397 Å². The molecular formula is C62H61N3O. The van der Waals surface area contributed by atoms with E-state index in [1.807, 2.05) is 91.3 Å². The molecule has 0 saturated heterocycles. The van der Waals surface area contributed by atoms with Crippen LogP contribution in [-0.4, -0.2) is 19.6 Å². The lowest BCUT2D eigenvalue weighted by Crippen LogP contribution is -2.04. The molecule has 9 aromatic rings. The standard InChI is InChI=1S/C62H61N3O/c1-37(2)47-34-54(40(7)8)61(66)55(35-47)62-64-60-53(20-15-21-58(60)65(62)57-27-26-46(30-42(57)10)59-51(38(3)4)18-14-19-52(59)39(5)6)49-31-48(43-16-12-11-13-17-43)32-50(33-49)56-36-45(28-29-63-56)44-24-22-41(9)23-25-44/h11-40,66H,1-10H3/i10D3,38D. The van der Waals surface area contributed by atoms with Crippen molar-refractivity contribution in [3.8, 4) is 78.6 Å². The van der Waals surface area contributed by atoms with Crippen LogP contribution in [0, 0.1) is 13.8 Å². The summed E-state index contributed by atoms with van der Waals surface area (Å²) in [7, 11) is 0. The maximum absolute atomic E-state index is 12.4. The number of hydrogen-bond donors (Lipinski definition) is 1. The molecule has 66 heavy (non-hydrogen) atoms. The number of para-hydroxylation sites is 1. The molecule has 4 nitrogen and oxygen atoms in total. The van der Waals surface area contributed by atoms with Gasteiger partial charge in [-0.3, -0.25) is 9.55 Å². The number of fused-ring (bicyclic) bond motifs is 1. The number of aromatic nitrogens is 3. The van der Waals surface area contributed by atoms with Gasteiger partial charge in [0.15, 0.2) is 0 Å². The van der Waals surface area contributed by atoms with E-state index < -0.39 is 12.7 Å². The maximum atomic E-state index is 12.4. The third kappa shape index (κ3) is 8.37. The summed E-state index contributed by atoms with van der Waals surface area (Å²) in [5.41, 5.74) is 16.7. The molecule has 0 fully saturated rings. The summed E-state index contributed by atoms with van der Waals surface area (Å²) in [5, 5.41) is 12.4. The maximum Gasteiger partial charge on any atom is 0.149 e. The molecule has 7 aromatic carbocycles. The number of phenols is 1. The van der Waals surface area contributed by atoms with Gasteiger partial charge in [-0.05, 0) is 159 Å². The molecule has 330 valence electrons. The van der Waals surface area contributed by atoms with Crippen LogP contribution >= 0.6 is 0 Å². The molecule has 0 amide bonds. The highest BCUT2D eigenvalue weighted by Gasteiger charge is 2.25. The van der Waals surface area contributed by atoms with Gasteiger partial charge in [-0.15, -0.1) is 0 Å². The molecule has 4 heteroatoms. The first kappa shape index (κ1) is 39.3. The van der Waals surface area contributed by atoms with E-state index >= 15 is 0 Å². The molecule has 0 atom stereocenters. The molecule has 0 radical (unpaired) electrons. The zero-order valence-electron chi connectivity index (χ0n) is 43.5. The number of rotatable bonds is 11. The fraction of sp³-hybridized carbons (Fsp3) is 0.226. The highest BCUT2D eigenvalue weighted by atomic mass is 16.3. The molecule has 1 N–H and O–H groups in total. The fourth-order valence-corrected chi connectivity index (χ4v) is 9.30. The van der Waals surface area contributed by atoms with Gasteiger partial charge >= 0.3 is 0 Å². The van der Waals surface area contributed by atoms with Gasteiger partial charge in [0.25, 0.3) is 0 Å². The number of imidazole rings is 1. The van der Waals surface area contributed by atoms with Crippen LogP contribution in [0.1, 0.15) is 118 Å². The van der Waals surface area contributed by atoms with Crippen LogP contribution in [0.2, 0.25) is 0 Å². The monoisotopic (exact) mass is 868 g/mol. The third-order valence-electron chi connectivity index (χ3n) is 13.0. The number of aryl methyl sites for hydroxylation is 2. The average Bonchev–Trinajstić information content (AvgIpc) is 3.73. The second-order valence-corrected chi connectivity index (χ2v) is 18.9. The topological polar surface area (TPSA) is 50.9 Å². The quantitative estimate of drug-likeness (QED) is 0.141. The Bertz CT molecular complexity index is 3390. The molecule has 0 aliphatic rings. The Morgan fingerprint density at radius 1 is 0.545 bits per heavy atom. The number of hydrogen-bond acceptors (Lipinski definition) is 3. The van der Waals surface area contributed by atoms with Crippen LogP contribution in [0.15, 0.2) is 158 Å². The molecule has 0 bridgehead atoms. The van der Waals surface area contributed by atoms with Gasteiger partial charge in [-0.1, -0.05) is 158 Å². The Balaban J connectivity index is 1.35. The van der Waals surface area contributed by atoms with E-state index in [2.05, 4.69) is 127 Å². The minimum absolute atomic E-state index is 0.00293. The van der Waals surface area contributed by atoms with Crippen LogP contribution in [0.3, 0.4) is 0 Å². The average molecular weight is 868 g/mol. The van der Waals surface area contributed by atoms with Crippen molar-refractivity contribution in [3.63, 3.8) is 0 Å². The molecule has 2 heterocycles. The van der Waals surface area contributed by atoms with Crippen LogP contribution in [0.25, 0.3) is 83.9 Å². The largest absolute Gasteiger partial charge is 0.507 e. The Morgan fingerprint density at radius 2 is 1.23 bits per heavy atom. The van der Waals surface area contributed by atoms with Crippen LogP contribution in [0.4, 0.5) is 0 Å². The van der Waals surface area contributed by atoms with Crippen LogP contribution in [-0.2, 0) is 0 Å². The molecule has 0 saturated carbocycles. The van der Waals surface area contributed by atoms with E-state index in [-0.39, 0.29) is 29.1 Å². The number of aromatic hydroxyl groups is 1. The van der Waals surface area contributed by atoms with Crippen molar-refractivity contribution in [1.82, 2.24) is 14.5 Å². The van der Waals surface area contributed by atoms with Gasteiger partial charge in [0.1, 0.15) is 11.6 Å². The minimum atomic E-state index is -2.57. The van der Waals surface area contributed by atoms with Crippen molar-refractivity contribution in [2.45, 2.75) is 92.8 Å². The minimum Gasteiger partial charge on any atom is -0.507 e. The molecular weight excluding hydrogens is 803 g/mol. The number of pyridine rings is 1. The van der Waals surface area contributed by atoms with Gasteiger partial charge in [0, 0.05) is 22.8 Å². The first-order valence-corrected chi connectivity index (χ1v) is 23.2. The first-order chi connectivity index (χ1) is 33.3. The van der Waals surface area contributed by atoms with E-state index in [0.29, 0.717) is 28.1 Å². The van der Waals surface area contributed by atoms with E-state index in [1.54, 1.807) is 6.07 Å². The third-order valence-corrected chi connectivity index (χ3v) is 13.0. The normalized spacial score (nSPS) is 13.0. The van der Waals surface area contributed by atoms with E-state index in [9.17, 15) is 10.6 Å². The van der Waals surface area contributed by atoms with Crippen LogP contribution < -0.4 is 0 Å². The second-order valence-electron chi connectivity index (χ2n) is 18.9. The predicted molar refractivity (Wildman–Crippen MR) is 279 cm³/mol. The highest BCUT2D eigenvalue weighted by molar-refractivity contribution is 5.98. The second kappa shape index (κ2) is 18.1. The molecule has 0 unspecified atom stereocenters. The molecule has 0 spiro atoms. The van der Waals surface area contributed by atoms with Crippen molar-refractivity contribution in [1.29, 1.82) is 0 Å². The van der Waals surface area contributed by atoms with Crippen molar-refractivity contribution in [3.05, 3.63) is 191 Å². The van der Waals surface area contributed by atoms with Gasteiger partial charge in [-0.25, -0.2) is 4.98 Å². The highest BCUT2D eigenvalue weighted by Crippen LogP contribution is 2.45. The fourth-order valence-electron chi connectivity index (χ4n) is 9.30. The van der Waals surface area contributed by atoms with E-state index in [1.165, 1.54) is 5.56 Å².